The molecule has 0 saturated carbocycles. The van der Waals surface area contributed by atoms with Crippen molar-refractivity contribution >= 4 is 41.5 Å². The lowest BCUT2D eigenvalue weighted by atomic mass is 10.1. The monoisotopic (exact) mass is 539 g/mol. The second-order valence-electron chi connectivity index (χ2n) is 7.55. The van der Waals surface area contributed by atoms with E-state index in [0.29, 0.717) is 11.3 Å². The van der Waals surface area contributed by atoms with Crippen LogP contribution in [0, 0.1) is 5.82 Å². The molecule has 2 aromatic rings. The van der Waals surface area contributed by atoms with Crippen LogP contribution in [0.4, 0.5) is 10.1 Å². The third-order valence-electron chi connectivity index (χ3n) is 5.26. The van der Waals surface area contributed by atoms with Gasteiger partial charge in [-0.25, -0.2) is 4.39 Å². The fourth-order valence-electron chi connectivity index (χ4n) is 3.64. The molecule has 3 rings (SSSR count). The van der Waals surface area contributed by atoms with Gasteiger partial charge in [0.2, 0.25) is 0 Å². The predicted octanol–water partition coefficient (Wildman–Crippen LogP) is 3.09. The van der Waals surface area contributed by atoms with Crippen LogP contribution in [0.2, 0.25) is 0 Å². The fraction of sp³-hybridized carbons (Fsp3) is 0.391. The van der Waals surface area contributed by atoms with Gasteiger partial charge in [0.1, 0.15) is 5.82 Å². The van der Waals surface area contributed by atoms with Crippen molar-refractivity contribution in [2.75, 3.05) is 58.8 Å². The lowest BCUT2D eigenvalue weighted by Crippen LogP contribution is -2.53. The van der Waals surface area contributed by atoms with Crippen molar-refractivity contribution in [1.29, 1.82) is 0 Å². The van der Waals surface area contributed by atoms with Crippen LogP contribution in [-0.4, -0.2) is 75.5 Å². The summed E-state index contributed by atoms with van der Waals surface area (Å²) in [6.07, 6.45) is 0.794. The molecule has 1 heterocycles. The van der Waals surface area contributed by atoms with E-state index in [0.717, 1.165) is 50.7 Å². The molecule has 0 spiro atoms. The minimum atomic E-state index is -0.177. The Labute approximate surface area is 201 Å². The summed E-state index contributed by atoms with van der Waals surface area (Å²) in [6.45, 7) is 3.77. The molecular weight excluding hydrogens is 508 g/mol. The first-order valence-electron chi connectivity index (χ1n) is 10.2. The minimum Gasteiger partial charge on any atom is -0.366 e. The van der Waals surface area contributed by atoms with Crippen LogP contribution in [0.15, 0.2) is 53.5 Å². The molecule has 1 fully saturated rings. The highest BCUT2D eigenvalue weighted by Gasteiger charge is 2.21. The first kappa shape index (κ1) is 24.9. The number of aliphatic imine (C=N–C) groups is 1. The van der Waals surface area contributed by atoms with Crippen LogP contribution in [-0.2, 0) is 6.42 Å². The maximum absolute atomic E-state index is 14.0. The fourth-order valence-corrected chi connectivity index (χ4v) is 3.64. The van der Waals surface area contributed by atoms with Crippen molar-refractivity contribution < 1.29 is 9.18 Å². The number of halogens is 2. The molecule has 2 aromatic carbocycles. The average Bonchev–Trinajstić information content (AvgIpc) is 2.77. The Balaban J connectivity index is 0.00000341. The molecule has 0 radical (unpaired) electrons. The maximum Gasteiger partial charge on any atom is 0.253 e. The molecule has 6 nitrogen and oxygen atoms in total. The Bertz CT molecular complexity index is 897. The molecule has 0 atom stereocenters. The summed E-state index contributed by atoms with van der Waals surface area (Å²) in [5.41, 5.74) is 2.47. The third-order valence-corrected chi connectivity index (χ3v) is 5.26. The van der Waals surface area contributed by atoms with Gasteiger partial charge in [-0.15, -0.1) is 24.0 Å². The van der Waals surface area contributed by atoms with Crippen molar-refractivity contribution in [3.8, 4) is 0 Å². The molecule has 1 saturated heterocycles. The molecule has 0 aliphatic carbocycles. The van der Waals surface area contributed by atoms with E-state index in [9.17, 15) is 9.18 Å². The van der Waals surface area contributed by atoms with Gasteiger partial charge in [-0.2, -0.15) is 0 Å². The number of nitrogens with one attached hydrogen (secondary N) is 1. The molecule has 0 unspecified atom stereocenters. The number of carbonyl (C=O) groups is 1. The first-order valence-corrected chi connectivity index (χ1v) is 10.2. The molecule has 1 N–H and O–H groups in total. The number of piperazine rings is 1. The molecule has 0 bridgehead atoms. The second-order valence-corrected chi connectivity index (χ2v) is 7.55. The molecule has 8 heteroatoms. The number of para-hydroxylation sites is 1. The van der Waals surface area contributed by atoms with Gasteiger partial charge in [0.15, 0.2) is 5.96 Å². The Kier molecular flexibility index (Phi) is 9.54. The van der Waals surface area contributed by atoms with E-state index in [2.05, 4.69) is 20.1 Å². The lowest BCUT2D eigenvalue weighted by molar-refractivity contribution is 0.0827. The van der Waals surface area contributed by atoms with Crippen LogP contribution in [0.25, 0.3) is 0 Å². The number of guanidine groups is 1. The van der Waals surface area contributed by atoms with Gasteiger partial charge < -0.3 is 20.0 Å². The van der Waals surface area contributed by atoms with E-state index >= 15 is 0 Å². The zero-order valence-corrected chi connectivity index (χ0v) is 20.7. The number of carbonyl (C=O) groups excluding carboxylic acids is 1. The van der Waals surface area contributed by atoms with E-state index < -0.39 is 0 Å². The SMILES string of the molecule is CN=C(NCCc1cccc(C(=O)N(C)C)c1)N1CCN(c2ccccc2F)CC1.I. The highest BCUT2D eigenvalue weighted by molar-refractivity contribution is 14.0. The van der Waals surface area contributed by atoms with E-state index in [1.807, 2.05) is 36.4 Å². The van der Waals surface area contributed by atoms with Gasteiger partial charge in [-0.05, 0) is 36.2 Å². The van der Waals surface area contributed by atoms with Crippen molar-refractivity contribution in [2.24, 2.45) is 4.99 Å². The van der Waals surface area contributed by atoms with Crippen LogP contribution >= 0.6 is 24.0 Å². The van der Waals surface area contributed by atoms with E-state index in [1.54, 1.807) is 32.1 Å². The van der Waals surface area contributed by atoms with Crippen molar-refractivity contribution in [3.05, 3.63) is 65.5 Å². The van der Waals surface area contributed by atoms with Crippen molar-refractivity contribution in [2.45, 2.75) is 6.42 Å². The molecule has 0 aromatic heterocycles. The molecule has 31 heavy (non-hydrogen) atoms. The number of amides is 1. The highest BCUT2D eigenvalue weighted by Crippen LogP contribution is 2.20. The maximum atomic E-state index is 14.0. The molecule has 1 aliphatic rings. The molecule has 1 amide bonds. The standard InChI is InChI=1S/C23H30FN5O.HI/c1-25-23(26-12-11-18-7-6-8-19(17-18)22(30)27(2)3)29-15-13-28(14-16-29)21-10-5-4-9-20(21)24;/h4-10,17H,11-16H2,1-3H3,(H,25,26);1H. The van der Waals surface area contributed by atoms with Gasteiger partial charge >= 0.3 is 0 Å². The zero-order chi connectivity index (χ0) is 21.5. The first-order chi connectivity index (χ1) is 14.5. The summed E-state index contributed by atoms with van der Waals surface area (Å²) in [6, 6.07) is 14.6. The van der Waals surface area contributed by atoms with Gasteiger partial charge in [-0.1, -0.05) is 24.3 Å². The normalized spacial score (nSPS) is 14.1. The number of hydrogen-bond donors (Lipinski definition) is 1. The van der Waals surface area contributed by atoms with E-state index in [-0.39, 0.29) is 35.7 Å². The number of anilines is 1. The Morgan fingerprint density at radius 2 is 1.81 bits per heavy atom. The number of rotatable bonds is 5. The van der Waals surface area contributed by atoms with Crippen LogP contribution < -0.4 is 10.2 Å². The number of benzene rings is 2. The summed E-state index contributed by atoms with van der Waals surface area (Å²) in [5, 5.41) is 3.41. The minimum absolute atomic E-state index is 0. The topological polar surface area (TPSA) is 51.2 Å². The number of hydrogen-bond acceptors (Lipinski definition) is 3. The molecular formula is C23H31FIN5O. The number of nitrogens with zero attached hydrogens (tertiary/aromatic N) is 4. The Morgan fingerprint density at radius 3 is 2.45 bits per heavy atom. The van der Waals surface area contributed by atoms with E-state index in [1.165, 1.54) is 6.07 Å². The predicted molar refractivity (Wildman–Crippen MR) is 135 cm³/mol. The second kappa shape index (κ2) is 11.9. The average molecular weight is 539 g/mol. The lowest BCUT2D eigenvalue weighted by Gasteiger charge is -2.37. The summed E-state index contributed by atoms with van der Waals surface area (Å²) < 4.78 is 14.0. The van der Waals surface area contributed by atoms with Crippen LogP contribution in [0.1, 0.15) is 15.9 Å². The molecule has 168 valence electrons. The summed E-state index contributed by atoms with van der Waals surface area (Å²) in [4.78, 5) is 22.4. The van der Waals surface area contributed by atoms with Crippen LogP contribution in [0.5, 0.6) is 0 Å². The largest absolute Gasteiger partial charge is 0.366 e. The van der Waals surface area contributed by atoms with E-state index in [4.69, 9.17) is 0 Å². The highest BCUT2D eigenvalue weighted by atomic mass is 127. The van der Waals surface area contributed by atoms with Crippen molar-refractivity contribution in [1.82, 2.24) is 15.1 Å². The quantitative estimate of drug-likeness (QED) is 0.361. The Morgan fingerprint density at radius 1 is 1.10 bits per heavy atom. The summed E-state index contributed by atoms with van der Waals surface area (Å²) >= 11 is 0. The van der Waals surface area contributed by atoms with Gasteiger partial charge in [0, 0.05) is 59.4 Å². The smallest absolute Gasteiger partial charge is 0.253 e. The third kappa shape index (κ3) is 6.56. The van der Waals surface area contributed by atoms with Gasteiger partial charge in [-0.3, -0.25) is 9.79 Å². The van der Waals surface area contributed by atoms with Gasteiger partial charge in [0.25, 0.3) is 5.91 Å². The molecule has 1 aliphatic heterocycles. The zero-order valence-electron chi connectivity index (χ0n) is 18.3. The summed E-state index contributed by atoms with van der Waals surface area (Å²) in [5.74, 6) is 0.681. The van der Waals surface area contributed by atoms with Crippen molar-refractivity contribution in [3.63, 3.8) is 0 Å². The Hall–Kier alpha value is -2.36. The van der Waals surface area contributed by atoms with Gasteiger partial charge in [0.05, 0.1) is 5.69 Å². The van der Waals surface area contributed by atoms with Crippen LogP contribution in [0.3, 0.4) is 0 Å². The summed E-state index contributed by atoms with van der Waals surface area (Å²) in [7, 11) is 5.29.